The van der Waals surface area contributed by atoms with Crippen LogP contribution in [0.2, 0.25) is 0 Å². The summed E-state index contributed by atoms with van der Waals surface area (Å²) >= 11 is 0. The van der Waals surface area contributed by atoms with E-state index in [1.807, 2.05) is 57.2 Å². The number of benzene rings is 1. The number of hydrogen-bond donors (Lipinski definition) is 7. The number of carbonyl (C=O) groups excluding carboxylic acids is 2. The van der Waals surface area contributed by atoms with Crippen LogP contribution in [0.4, 0.5) is 0 Å². The van der Waals surface area contributed by atoms with Crippen molar-refractivity contribution in [2.75, 3.05) is 35.0 Å². The first-order valence-corrected chi connectivity index (χ1v) is 34.0. The zero-order valence-electron chi connectivity index (χ0n) is 56.8. The van der Waals surface area contributed by atoms with Gasteiger partial charge in [-0.25, -0.2) is 9.59 Å². The molecule has 5 saturated heterocycles. The third-order valence-corrected chi connectivity index (χ3v) is 23.0. The van der Waals surface area contributed by atoms with E-state index in [9.17, 15) is 45.3 Å². The van der Waals surface area contributed by atoms with E-state index in [2.05, 4.69) is 11.9 Å². The Bertz CT molecular complexity index is 2990. The second-order valence-corrected chi connectivity index (χ2v) is 28.2. The summed E-state index contributed by atoms with van der Waals surface area (Å²) in [6, 6.07) is 12.4. The lowest BCUT2D eigenvalue weighted by molar-refractivity contribution is -0.359. The number of rotatable bonds is 21. The summed E-state index contributed by atoms with van der Waals surface area (Å²) in [5.74, 6) is -2.05. The monoisotopic (exact) mass is 1360 g/mol. The predicted octanol–water partition coefficient (Wildman–Crippen LogP) is 4.11. The molecule has 0 unspecified atom stereocenters. The summed E-state index contributed by atoms with van der Waals surface area (Å²) in [5, 5.41) is 80.9. The molecule has 536 valence electrons. The number of hydrogen-bond acceptors (Lipinski definition) is 26. The van der Waals surface area contributed by atoms with Crippen LogP contribution >= 0.6 is 0 Å². The molecule has 26 heteroatoms. The smallest absolute Gasteiger partial charge is 0.340 e. The molecule has 0 spiro atoms. The summed E-state index contributed by atoms with van der Waals surface area (Å²) in [4.78, 5) is 31.6. The van der Waals surface area contributed by atoms with Crippen LogP contribution in [0.5, 0.6) is 0 Å². The van der Waals surface area contributed by atoms with Crippen molar-refractivity contribution in [1.82, 2.24) is 4.98 Å². The topological polar surface area (TPSA) is 336 Å². The fourth-order valence-electron chi connectivity index (χ4n) is 17.4. The number of fused-ring (bicyclic) bond motifs is 5. The molecule has 5 aliphatic heterocycles. The Balaban J connectivity index is 0.694. The quantitative estimate of drug-likeness (QED) is 0.0525. The Labute approximate surface area is 561 Å². The SMILES string of the molecule is CO[C@H]1C[C@H](O[C@H]2[C@@H](OC)C[C@H](O[C@H]3CC[C@@]4(C)C(=CC[C@]5(O)[C@@H]4C[C@@H](OC(=O)C=Cc4ccccc4)[C@@]4(C)[C@@]5(O)CC[C@@]4(O)[C@@H](C)OC(=O)c4cccnc4)C3)O[C@@H]2C)O[C@@H](C)[C@H]1O[C@H]1C[C@H](OC)[C@H](O[C@H]2C[C@@H](OC)[C@@H](O[C@@H]3O[C@H](CO)[C@@H](O)[C@H](O)[C@H]3O)[C@H](C)O2)[C@@H](C)O1. The van der Waals surface area contributed by atoms with Gasteiger partial charge < -0.3 is 112 Å². The minimum atomic E-state index is -2.03. The molecule has 7 N–H and O–H groups in total. The van der Waals surface area contributed by atoms with Gasteiger partial charge in [-0.1, -0.05) is 55.8 Å². The van der Waals surface area contributed by atoms with E-state index in [4.69, 9.17) is 75.8 Å². The van der Waals surface area contributed by atoms with Gasteiger partial charge in [0.15, 0.2) is 31.5 Å². The zero-order valence-corrected chi connectivity index (χ0v) is 56.8. The van der Waals surface area contributed by atoms with Gasteiger partial charge in [0.1, 0.15) is 77.8 Å². The molecule has 1 aromatic heterocycles. The first-order chi connectivity index (χ1) is 45.8. The second-order valence-electron chi connectivity index (χ2n) is 28.2. The lowest BCUT2D eigenvalue weighted by atomic mass is 9.42. The van der Waals surface area contributed by atoms with Crippen LogP contribution in [0.15, 0.2) is 72.6 Å². The average molecular weight is 1360 g/mol. The molecular formula is C70H101NO25. The number of aliphatic hydroxyl groups excluding tert-OH is 4. The number of nitrogens with zero attached hydrogens (tertiary/aromatic N) is 1. The minimum Gasteiger partial charge on any atom is -0.458 e. The molecule has 0 bridgehead atoms. The number of aromatic nitrogens is 1. The molecule has 96 heavy (non-hydrogen) atoms. The lowest BCUT2D eigenvalue weighted by Gasteiger charge is -2.67. The fourth-order valence-corrected chi connectivity index (χ4v) is 17.4. The van der Waals surface area contributed by atoms with Gasteiger partial charge in [0, 0.05) is 78.5 Å². The highest BCUT2D eigenvalue weighted by molar-refractivity contribution is 5.89. The van der Waals surface area contributed by atoms with Gasteiger partial charge in [-0.05, 0) is 109 Å². The molecule has 4 aliphatic carbocycles. The number of aliphatic hydroxyl groups is 7. The molecule has 30 atom stereocenters. The lowest BCUT2D eigenvalue weighted by Crippen LogP contribution is -2.78. The highest BCUT2D eigenvalue weighted by atomic mass is 16.8. The summed E-state index contributed by atoms with van der Waals surface area (Å²) in [6.45, 7) is 12.1. The van der Waals surface area contributed by atoms with Gasteiger partial charge in [-0.15, -0.1) is 0 Å². The first kappa shape index (κ1) is 73.2. The number of methoxy groups -OCH3 is 4. The molecule has 8 fully saturated rings. The van der Waals surface area contributed by atoms with E-state index >= 15 is 0 Å². The number of esters is 2. The first-order valence-electron chi connectivity index (χ1n) is 34.0. The fraction of sp³-hybridized carbons (Fsp3) is 0.757. The number of pyridine rings is 1. The van der Waals surface area contributed by atoms with E-state index in [0.717, 1.165) is 11.1 Å². The maximum Gasteiger partial charge on any atom is 0.340 e. The van der Waals surface area contributed by atoms with Crippen molar-refractivity contribution >= 4 is 18.0 Å². The third-order valence-electron chi connectivity index (χ3n) is 23.0. The third kappa shape index (κ3) is 13.8. The average Bonchev–Trinajstić information content (AvgIpc) is 1.39. The van der Waals surface area contributed by atoms with Gasteiger partial charge in [0.25, 0.3) is 0 Å². The molecule has 26 nitrogen and oxygen atoms in total. The second kappa shape index (κ2) is 29.9. The van der Waals surface area contributed by atoms with Crippen molar-refractivity contribution in [3.05, 3.63) is 83.7 Å². The molecule has 1 aromatic carbocycles. The van der Waals surface area contributed by atoms with Crippen molar-refractivity contribution in [2.45, 2.75) is 283 Å². The summed E-state index contributed by atoms with van der Waals surface area (Å²) in [5.41, 5.74) is -6.25. The van der Waals surface area contributed by atoms with E-state index < -0.39 is 193 Å². The van der Waals surface area contributed by atoms with Crippen molar-refractivity contribution in [2.24, 2.45) is 16.7 Å². The van der Waals surface area contributed by atoms with Gasteiger partial charge >= 0.3 is 11.9 Å². The van der Waals surface area contributed by atoms with Gasteiger partial charge in [0.2, 0.25) is 0 Å². The molecule has 6 heterocycles. The Kier molecular flexibility index (Phi) is 22.8. The van der Waals surface area contributed by atoms with E-state index in [1.54, 1.807) is 60.3 Å². The standard InChI is InChI=1S/C70H101NO25/c1-36-60(93-54-30-46(82-9)61(37(2)86-54)94-55-31-47(83-10)62(38(3)87-55)95-56-32-48(84-11)63(39(4)88-56)96-65-59(76)58(75)57(74)49(35-72)91-65)45(81-8)29-53(85-36)90-44-22-23-66(6)43(28-44)21-24-69(79)50(66)33-51(92-52(73)20-19-41-16-13-12-14-17-41)67(7)68(78,25-26-70(67,69)80)40(5)89-64(77)42-18-15-27-71-34-42/h12-21,27,34,36-40,44-51,53-63,65,72,74-76,78-80H,22-26,28-33,35H2,1-11H3/t36-,37+,38-,39+,40-,44+,45+,46+,47+,48-,49-,50-,51-,53+,54+,55+,56+,57-,58+,59-,60-,61-,62-,63+,65+,66+,67-,68-,69+,70+/m1/s1. The highest BCUT2D eigenvalue weighted by Gasteiger charge is 2.81. The zero-order chi connectivity index (χ0) is 68.8. The molecule has 0 radical (unpaired) electrons. The van der Waals surface area contributed by atoms with Crippen LogP contribution in [0.3, 0.4) is 0 Å². The van der Waals surface area contributed by atoms with Crippen LogP contribution in [-0.2, 0) is 80.6 Å². The van der Waals surface area contributed by atoms with Crippen LogP contribution < -0.4 is 0 Å². The molecule has 9 aliphatic rings. The van der Waals surface area contributed by atoms with Gasteiger partial charge in [-0.2, -0.15) is 0 Å². The normalized spacial score (nSPS) is 46.0. The van der Waals surface area contributed by atoms with Crippen LogP contribution in [0.1, 0.15) is 135 Å². The Morgan fingerprint density at radius 1 is 0.656 bits per heavy atom. The van der Waals surface area contributed by atoms with Crippen molar-refractivity contribution in [3.63, 3.8) is 0 Å². The van der Waals surface area contributed by atoms with E-state index in [-0.39, 0.29) is 43.8 Å². The molecule has 3 saturated carbocycles. The van der Waals surface area contributed by atoms with Crippen molar-refractivity contribution in [1.29, 1.82) is 0 Å². The predicted molar refractivity (Wildman–Crippen MR) is 337 cm³/mol. The van der Waals surface area contributed by atoms with E-state index in [1.165, 1.54) is 25.6 Å². The summed E-state index contributed by atoms with van der Waals surface area (Å²) in [7, 11) is 6.34. The molecule has 11 rings (SSSR count). The van der Waals surface area contributed by atoms with Crippen molar-refractivity contribution < 1.29 is 121 Å². The maximum absolute atomic E-state index is 14.0. The molecular weight excluding hydrogens is 1250 g/mol. The number of ether oxygens (including phenoxy) is 16. The van der Waals surface area contributed by atoms with Crippen molar-refractivity contribution in [3.8, 4) is 0 Å². The largest absolute Gasteiger partial charge is 0.458 e. The van der Waals surface area contributed by atoms with Gasteiger partial charge in [-0.3, -0.25) is 4.98 Å². The Morgan fingerprint density at radius 2 is 1.19 bits per heavy atom. The molecule has 0 amide bonds. The molecule has 2 aromatic rings. The summed E-state index contributed by atoms with van der Waals surface area (Å²) < 4.78 is 101. The van der Waals surface area contributed by atoms with Crippen LogP contribution in [0, 0.1) is 16.7 Å². The Morgan fingerprint density at radius 3 is 1.70 bits per heavy atom. The Hall–Kier alpha value is -4.05. The highest BCUT2D eigenvalue weighted by Crippen LogP contribution is 2.71. The number of carbonyl (C=O) groups is 2. The summed E-state index contributed by atoms with van der Waals surface area (Å²) in [6.07, 6.45) is -8.95. The minimum absolute atomic E-state index is 0.0458. The van der Waals surface area contributed by atoms with Crippen LogP contribution in [-0.4, -0.2) is 252 Å². The van der Waals surface area contributed by atoms with Gasteiger partial charge in [0.05, 0.1) is 72.5 Å². The maximum atomic E-state index is 14.0. The van der Waals surface area contributed by atoms with Crippen LogP contribution in [0.25, 0.3) is 6.08 Å². The van der Waals surface area contributed by atoms with E-state index in [0.29, 0.717) is 38.5 Å².